The minimum atomic E-state index is -0.00835. The minimum absolute atomic E-state index is 0.00578. The van der Waals surface area contributed by atoms with E-state index in [2.05, 4.69) is 29.7 Å². The molecule has 2 aliphatic rings. The Bertz CT molecular complexity index is 860. The maximum atomic E-state index is 11.4. The van der Waals surface area contributed by atoms with Gasteiger partial charge in [0.25, 0.3) is 0 Å². The molecule has 2 fully saturated rings. The Morgan fingerprint density at radius 2 is 2.26 bits per heavy atom. The summed E-state index contributed by atoms with van der Waals surface area (Å²) < 4.78 is 13.9. The van der Waals surface area contributed by atoms with Crippen LogP contribution < -0.4 is 4.74 Å². The van der Waals surface area contributed by atoms with Gasteiger partial charge >= 0.3 is 0 Å². The standard InChI is InChI=1S/C21H26N2O4/c1-13(2)23-17(6-8-22-23)19-16-11-26-9-7-21(16,19)12-27-18-5-4-14(3)20(25)15(18)10-24/h4-6,8,10,13,16,19,25H,7,9,11-12H2,1-3H3. The van der Waals surface area contributed by atoms with Gasteiger partial charge in [-0.2, -0.15) is 5.10 Å². The molecule has 3 atom stereocenters. The second kappa shape index (κ2) is 6.68. The monoisotopic (exact) mass is 370 g/mol. The van der Waals surface area contributed by atoms with Gasteiger partial charge in [0.15, 0.2) is 6.29 Å². The Kier molecular flexibility index (Phi) is 4.46. The third-order valence-electron chi connectivity index (χ3n) is 6.16. The quantitative estimate of drug-likeness (QED) is 0.788. The fourth-order valence-corrected chi connectivity index (χ4v) is 4.58. The molecule has 0 amide bonds. The highest BCUT2D eigenvalue weighted by molar-refractivity contribution is 5.84. The molecular weight excluding hydrogens is 344 g/mol. The van der Waals surface area contributed by atoms with Gasteiger partial charge in [0.2, 0.25) is 0 Å². The Balaban J connectivity index is 1.60. The summed E-state index contributed by atoms with van der Waals surface area (Å²) in [5.74, 6) is 1.16. The van der Waals surface area contributed by atoms with Crippen LogP contribution in [0.4, 0.5) is 0 Å². The Labute approximate surface area is 159 Å². The number of aryl methyl sites for hydroxylation is 1. The largest absolute Gasteiger partial charge is 0.507 e. The van der Waals surface area contributed by atoms with E-state index in [4.69, 9.17) is 9.47 Å². The first-order valence-corrected chi connectivity index (χ1v) is 9.51. The molecule has 144 valence electrons. The van der Waals surface area contributed by atoms with Gasteiger partial charge in [-0.05, 0) is 44.9 Å². The van der Waals surface area contributed by atoms with E-state index in [0.29, 0.717) is 48.7 Å². The number of aldehydes is 1. The van der Waals surface area contributed by atoms with Crippen LogP contribution in [-0.4, -0.2) is 41.0 Å². The number of carbonyl (C=O) groups excluding carboxylic acids is 1. The van der Waals surface area contributed by atoms with Crippen LogP contribution in [0.3, 0.4) is 0 Å². The van der Waals surface area contributed by atoms with Gasteiger partial charge < -0.3 is 14.6 Å². The van der Waals surface area contributed by atoms with Gasteiger partial charge in [-0.25, -0.2) is 0 Å². The normalized spacial score (nSPS) is 26.7. The molecule has 3 unspecified atom stereocenters. The number of rotatable bonds is 6. The summed E-state index contributed by atoms with van der Waals surface area (Å²) >= 11 is 0. The van der Waals surface area contributed by atoms with E-state index in [1.165, 1.54) is 5.69 Å². The third kappa shape index (κ3) is 2.83. The van der Waals surface area contributed by atoms with Gasteiger partial charge in [-0.1, -0.05) is 6.07 Å². The molecule has 1 aliphatic carbocycles. The molecule has 1 aliphatic heterocycles. The molecule has 2 heterocycles. The lowest BCUT2D eigenvalue weighted by Gasteiger charge is -2.23. The highest BCUT2D eigenvalue weighted by atomic mass is 16.5. The maximum absolute atomic E-state index is 11.4. The number of hydrogen-bond donors (Lipinski definition) is 1. The summed E-state index contributed by atoms with van der Waals surface area (Å²) in [6.07, 6.45) is 3.44. The number of aromatic hydroxyl groups is 1. The molecule has 0 radical (unpaired) electrons. The molecule has 4 rings (SSSR count). The molecule has 1 saturated heterocycles. The third-order valence-corrected chi connectivity index (χ3v) is 6.16. The van der Waals surface area contributed by atoms with Crippen LogP contribution in [0.25, 0.3) is 0 Å². The molecule has 27 heavy (non-hydrogen) atoms. The first-order valence-electron chi connectivity index (χ1n) is 9.51. The highest BCUT2D eigenvalue weighted by Gasteiger charge is 2.67. The van der Waals surface area contributed by atoms with Crippen molar-refractivity contribution in [1.82, 2.24) is 9.78 Å². The summed E-state index contributed by atoms with van der Waals surface area (Å²) in [5, 5.41) is 14.6. The molecular formula is C21H26N2O4. The van der Waals surface area contributed by atoms with Crippen molar-refractivity contribution in [2.24, 2.45) is 11.3 Å². The second-order valence-electron chi connectivity index (χ2n) is 7.99. The first kappa shape index (κ1) is 18.0. The summed E-state index contributed by atoms with van der Waals surface area (Å²) in [5.41, 5.74) is 2.11. The SMILES string of the molecule is Cc1ccc(OCC23CCOCC2C3c2ccnn2C(C)C)c(C=O)c1O. The van der Waals surface area contributed by atoms with Crippen molar-refractivity contribution in [3.8, 4) is 11.5 Å². The number of fused-ring (bicyclic) bond motifs is 1. The molecule has 1 N–H and O–H groups in total. The maximum Gasteiger partial charge on any atom is 0.157 e. The molecule has 2 aromatic rings. The Morgan fingerprint density at radius 3 is 3.00 bits per heavy atom. The van der Waals surface area contributed by atoms with E-state index in [9.17, 15) is 9.90 Å². The van der Waals surface area contributed by atoms with E-state index < -0.39 is 0 Å². The summed E-state index contributed by atoms with van der Waals surface area (Å²) in [6, 6.07) is 5.93. The summed E-state index contributed by atoms with van der Waals surface area (Å²) in [6.45, 7) is 7.96. The van der Waals surface area contributed by atoms with Crippen molar-refractivity contribution in [2.75, 3.05) is 19.8 Å². The number of ether oxygens (including phenoxy) is 2. The Morgan fingerprint density at radius 1 is 1.44 bits per heavy atom. The summed E-state index contributed by atoms with van der Waals surface area (Å²) in [4.78, 5) is 11.4. The number of aromatic nitrogens is 2. The lowest BCUT2D eigenvalue weighted by atomic mass is 9.96. The second-order valence-corrected chi connectivity index (χ2v) is 7.99. The van der Waals surface area contributed by atoms with Gasteiger partial charge in [0.05, 0.1) is 18.8 Å². The van der Waals surface area contributed by atoms with Crippen molar-refractivity contribution >= 4 is 6.29 Å². The molecule has 1 saturated carbocycles. The van der Waals surface area contributed by atoms with Gasteiger partial charge in [0.1, 0.15) is 11.5 Å². The predicted octanol–water partition coefficient (Wildman–Crippen LogP) is 3.49. The molecule has 1 aromatic carbocycles. The van der Waals surface area contributed by atoms with E-state index >= 15 is 0 Å². The Hall–Kier alpha value is -2.34. The number of benzene rings is 1. The average Bonchev–Trinajstić information content (AvgIpc) is 3.05. The average molecular weight is 370 g/mol. The van der Waals surface area contributed by atoms with Crippen LogP contribution in [0.5, 0.6) is 11.5 Å². The van der Waals surface area contributed by atoms with Gasteiger partial charge in [-0.3, -0.25) is 9.48 Å². The molecule has 6 heteroatoms. The van der Waals surface area contributed by atoms with Gasteiger partial charge in [0, 0.05) is 41.8 Å². The zero-order valence-electron chi connectivity index (χ0n) is 16.0. The van der Waals surface area contributed by atoms with E-state index in [1.807, 2.05) is 6.20 Å². The van der Waals surface area contributed by atoms with Crippen LogP contribution >= 0.6 is 0 Å². The van der Waals surface area contributed by atoms with E-state index in [1.54, 1.807) is 19.1 Å². The number of phenols is 1. The topological polar surface area (TPSA) is 73.6 Å². The lowest BCUT2D eigenvalue weighted by Crippen LogP contribution is -2.25. The van der Waals surface area contributed by atoms with E-state index in [0.717, 1.165) is 13.0 Å². The number of carbonyl (C=O) groups is 1. The molecule has 6 nitrogen and oxygen atoms in total. The lowest BCUT2D eigenvalue weighted by molar-refractivity contribution is 0.0436. The number of phenolic OH excluding ortho intramolecular Hbond substituents is 1. The van der Waals surface area contributed by atoms with Gasteiger partial charge in [-0.15, -0.1) is 0 Å². The van der Waals surface area contributed by atoms with Crippen LogP contribution in [0.2, 0.25) is 0 Å². The smallest absolute Gasteiger partial charge is 0.157 e. The highest BCUT2D eigenvalue weighted by Crippen LogP contribution is 2.68. The van der Waals surface area contributed by atoms with Crippen molar-refractivity contribution in [1.29, 1.82) is 0 Å². The van der Waals surface area contributed by atoms with Crippen LogP contribution in [0.1, 0.15) is 53.8 Å². The van der Waals surface area contributed by atoms with Crippen LogP contribution in [0.15, 0.2) is 24.4 Å². The zero-order valence-corrected chi connectivity index (χ0v) is 16.0. The fourth-order valence-electron chi connectivity index (χ4n) is 4.58. The molecule has 1 aromatic heterocycles. The number of nitrogens with zero attached hydrogens (tertiary/aromatic N) is 2. The fraction of sp³-hybridized carbons (Fsp3) is 0.524. The van der Waals surface area contributed by atoms with Crippen LogP contribution in [0, 0.1) is 18.3 Å². The first-order chi connectivity index (χ1) is 13.0. The minimum Gasteiger partial charge on any atom is -0.507 e. The van der Waals surface area contributed by atoms with Crippen molar-refractivity contribution in [3.63, 3.8) is 0 Å². The predicted molar refractivity (Wildman–Crippen MR) is 100 cm³/mol. The van der Waals surface area contributed by atoms with Crippen molar-refractivity contribution in [3.05, 3.63) is 41.2 Å². The van der Waals surface area contributed by atoms with Crippen molar-refractivity contribution < 1.29 is 19.4 Å². The van der Waals surface area contributed by atoms with Crippen molar-refractivity contribution in [2.45, 2.75) is 39.2 Å². The zero-order chi connectivity index (χ0) is 19.2. The summed E-state index contributed by atoms with van der Waals surface area (Å²) in [7, 11) is 0. The van der Waals surface area contributed by atoms with Crippen LogP contribution in [-0.2, 0) is 4.74 Å². The molecule has 0 spiro atoms. The number of hydrogen-bond acceptors (Lipinski definition) is 5. The van der Waals surface area contributed by atoms with E-state index in [-0.39, 0.29) is 16.7 Å². The molecule has 0 bridgehead atoms.